The summed E-state index contributed by atoms with van der Waals surface area (Å²) in [6.07, 6.45) is 0.434. The minimum atomic E-state index is -4.37. The van der Waals surface area contributed by atoms with Crippen LogP contribution in [0.1, 0.15) is 20.3 Å². The first-order chi connectivity index (χ1) is 4.83. The van der Waals surface area contributed by atoms with Crippen LogP contribution in [0.5, 0.6) is 0 Å². The summed E-state index contributed by atoms with van der Waals surface area (Å²) in [5.74, 6) is 0. The van der Waals surface area contributed by atoms with E-state index in [1.807, 2.05) is 0 Å². The van der Waals surface area contributed by atoms with E-state index in [4.69, 9.17) is 4.55 Å². The second-order valence-electron chi connectivity index (χ2n) is 2.35. The molecule has 0 fully saturated rings. The van der Waals surface area contributed by atoms with Crippen molar-refractivity contribution in [2.24, 2.45) is 0 Å². The van der Waals surface area contributed by atoms with E-state index in [1.165, 1.54) is 6.92 Å². The molecule has 0 aromatic carbocycles. The molecule has 5 nitrogen and oxygen atoms in total. The van der Waals surface area contributed by atoms with Crippen molar-refractivity contribution in [3.05, 3.63) is 0 Å². The van der Waals surface area contributed by atoms with Crippen molar-refractivity contribution < 1.29 is 17.2 Å². The third-order valence-electron chi connectivity index (χ3n) is 1.49. The summed E-state index contributed by atoms with van der Waals surface area (Å²) in [4.78, 5) is 0. The second kappa shape index (κ2) is 3.48. The Bertz CT molecular complexity index is 207. The fourth-order valence-electron chi connectivity index (χ4n) is 0.510. The molecule has 0 amide bonds. The van der Waals surface area contributed by atoms with E-state index >= 15 is 0 Å². The van der Waals surface area contributed by atoms with Gasteiger partial charge >= 0.3 is 10.4 Å². The molecular weight excluding hydrogens is 170 g/mol. The molecule has 0 aliphatic rings. The van der Waals surface area contributed by atoms with Gasteiger partial charge in [0.15, 0.2) is 0 Å². The van der Waals surface area contributed by atoms with Gasteiger partial charge in [-0.15, -0.1) is 0 Å². The van der Waals surface area contributed by atoms with Crippen molar-refractivity contribution in [3.8, 4) is 0 Å². The second-order valence-corrected chi connectivity index (χ2v) is 3.37. The largest absolute Gasteiger partial charge is 0.399 e. The van der Waals surface area contributed by atoms with Gasteiger partial charge < -0.3 is 0 Å². The Morgan fingerprint density at radius 1 is 1.64 bits per heavy atom. The summed E-state index contributed by atoms with van der Waals surface area (Å²) in [5.41, 5.74) is -1.02. The molecule has 0 aliphatic heterocycles. The van der Waals surface area contributed by atoms with Gasteiger partial charge in [-0.25, -0.2) is 4.18 Å². The van der Waals surface area contributed by atoms with Gasteiger partial charge in [0.1, 0.15) is 5.72 Å². The van der Waals surface area contributed by atoms with Crippen molar-refractivity contribution in [2.45, 2.75) is 26.0 Å². The molecule has 6 heteroatoms. The Labute approximate surface area is 66.7 Å². The number of rotatable bonds is 4. The van der Waals surface area contributed by atoms with Crippen LogP contribution in [0.15, 0.2) is 0 Å². The smallest absolute Gasteiger partial charge is 0.292 e. The third kappa shape index (κ3) is 4.31. The van der Waals surface area contributed by atoms with Gasteiger partial charge in [-0.1, -0.05) is 6.92 Å². The normalized spacial score (nSPS) is 17.8. The minimum absolute atomic E-state index is 0.434. The highest BCUT2D eigenvalue weighted by atomic mass is 32.3. The minimum Gasteiger partial charge on any atom is -0.292 e. The zero-order chi connectivity index (χ0) is 9.12. The predicted molar refractivity (Wildman–Crippen MR) is 40.4 cm³/mol. The summed E-state index contributed by atoms with van der Waals surface area (Å²) in [6, 6.07) is 0. The van der Waals surface area contributed by atoms with Gasteiger partial charge in [-0.3, -0.25) is 9.87 Å². The topological polar surface area (TPSA) is 75.6 Å². The van der Waals surface area contributed by atoms with E-state index in [2.05, 4.69) is 9.50 Å². The van der Waals surface area contributed by atoms with Crippen molar-refractivity contribution in [2.75, 3.05) is 7.05 Å². The fraction of sp³-hybridized carbons (Fsp3) is 1.00. The highest BCUT2D eigenvalue weighted by molar-refractivity contribution is 7.80. The third-order valence-corrected chi connectivity index (χ3v) is 2.07. The monoisotopic (exact) mass is 183 g/mol. The molecule has 11 heavy (non-hydrogen) atoms. The van der Waals surface area contributed by atoms with Gasteiger partial charge in [-0.2, -0.15) is 8.42 Å². The Hall–Kier alpha value is -0.170. The van der Waals surface area contributed by atoms with Crippen LogP contribution in [0.3, 0.4) is 0 Å². The predicted octanol–water partition coefficient (Wildman–Crippen LogP) is 0.151. The highest BCUT2D eigenvalue weighted by Gasteiger charge is 2.26. The average molecular weight is 183 g/mol. The van der Waals surface area contributed by atoms with Crippen molar-refractivity contribution in [1.29, 1.82) is 0 Å². The fourth-order valence-corrected chi connectivity index (χ4v) is 1.18. The molecule has 0 rings (SSSR count). The molecule has 68 valence electrons. The maximum atomic E-state index is 10.3. The lowest BCUT2D eigenvalue weighted by atomic mass is 10.2. The molecule has 1 unspecified atom stereocenters. The molecule has 0 spiro atoms. The number of nitrogens with one attached hydrogen (secondary N) is 1. The van der Waals surface area contributed by atoms with Gasteiger partial charge in [0.25, 0.3) is 0 Å². The first-order valence-corrected chi connectivity index (χ1v) is 4.56. The van der Waals surface area contributed by atoms with Gasteiger partial charge in [0, 0.05) is 0 Å². The highest BCUT2D eigenvalue weighted by Crippen LogP contribution is 2.12. The molecule has 0 saturated carbocycles. The summed E-state index contributed by atoms with van der Waals surface area (Å²) < 4.78 is 33.2. The van der Waals surface area contributed by atoms with Crippen LogP contribution in [-0.2, 0) is 14.6 Å². The standard InChI is InChI=1S/C5H13NO4S/c1-4-5(2,6-3)10-11(7,8)9/h6H,4H2,1-3H3,(H,7,8,9). The van der Waals surface area contributed by atoms with E-state index in [-0.39, 0.29) is 0 Å². The molecule has 0 saturated heterocycles. The number of hydrogen-bond donors (Lipinski definition) is 2. The van der Waals surface area contributed by atoms with E-state index in [0.717, 1.165) is 0 Å². The Balaban J connectivity index is 4.32. The van der Waals surface area contributed by atoms with Gasteiger partial charge in [0.05, 0.1) is 0 Å². The Morgan fingerprint density at radius 2 is 2.09 bits per heavy atom. The lowest BCUT2D eigenvalue weighted by molar-refractivity contribution is 0.0503. The first kappa shape index (κ1) is 10.8. The van der Waals surface area contributed by atoms with E-state index in [1.54, 1.807) is 14.0 Å². The molecule has 2 N–H and O–H groups in total. The maximum Gasteiger partial charge on any atom is 0.399 e. The average Bonchev–Trinajstić information content (AvgIpc) is 1.84. The van der Waals surface area contributed by atoms with E-state index < -0.39 is 16.1 Å². The SMILES string of the molecule is CCC(C)(NC)OS(=O)(=O)O. The van der Waals surface area contributed by atoms with E-state index in [0.29, 0.717) is 6.42 Å². The van der Waals surface area contributed by atoms with Crippen molar-refractivity contribution >= 4 is 10.4 Å². The Kier molecular flexibility index (Phi) is 3.43. The van der Waals surface area contributed by atoms with Crippen LogP contribution in [0.25, 0.3) is 0 Å². The zero-order valence-corrected chi connectivity index (χ0v) is 7.60. The van der Waals surface area contributed by atoms with Crippen molar-refractivity contribution in [3.63, 3.8) is 0 Å². The van der Waals surface area contributed by atoms with Crippen molar-refractivity contribution in [1.82, 2.24) is 5.32 Å². The molecule has 1 atom stereocenters. The zero-order valence-electron chi connectivity index (χ0n) is 6.79. The molecule has 0 aromatic heterocycles. The molecule has 0 aromatic rings. The molecule has 0 aliphatic carbocycles. The summed E-state index contributed by atoms with van der Waals surface area (Å²) in [6.45, 7) is 3.27. The summed E-state index contributed by atoms with van der Waals surface area (Å²) >= 11 is 0. The van der Waals surface area contributed by atoms with Gasteiger partial charge in [0.2, 0.25) is 0 Å². The van der Waals surface area contributed by atoms with Crippen LogP contribution in [-0.4, -0.2) is 25.7 Å². The van der Waals surface area contributed by atoms with Gasteiger partial charge in [-0.05, 0) is 20.4 Å². The quantitative estimate of drug-likeness (QED) is 0.479. The molecule has 0 heterocycles. The lowest BCUT2D eigenvalue weighted by Gasteiger charge is -2.24. The maximum absolute atomic E-state index is 10.3. The van der Waals surface area contributed by atoms with E-state index in [9.17, 15) is 8.42 Å². The van der Waals surface area contributed by atoms with Crippen LogP contribution in [0.2, 0.25) is 0 Å². The first-order valence-electron chi connectivity index (χ1n) is 3.20. The number of hydrogen-bond acceptors (Lipinski definition) is 4. The molecule has 0 bridgehead atoms. The van der Waals surface area contributed by atoms with Crippen LogP contribution < -0.4 is 5.32 Å². The molecular formula is C5H13NO4S. The molecule has 0 radical (unpaired) electrons. The summed E-state index contributed by atoms with van der Waals surface area (Å²) in [7, 11) is -2.82. The van der Waals surface area contributed by atoms with Crippen LogP contribution in [0.4, 0.5) is 0 Å². The summed E-state index contributed by atoms with van der Waals surface area (Å²) in [5, 5.41) is 2.62. The lowest BCUT2D eigenvalue weighted by Crippen LogP contribution is -2.43. The van der Waals surface area contributed by atoms with Crippen LogP contribution in [0, 0.1) is 0 Å². The van der Waals surface area contributed by atoms with Crippen LogP contribution >= 0.6 is 0 Å². The Morgan fingerprint density at radius 3 is 2.18 bits per heavy atom.